The van der Waals surface area contributed by atoms with E-state index in [4.69, 9.17) is 9.84 Å². The van der Waals surface area contributed by atoms with Crippen LogP contribution in [-0.2, 0) is 6.42 Å². The van der Waals surface area contributed by atoms with Crippen molar-refractivity contribution in [2.24, 2.45) is 0 Å². The van der Waals surface area contributed by atoms with Crippen LogP contribution in [0.2, 0.25) is 0 Å². The first-order valence-electron chi connectivity index (χ1n) is 6.28. The average molecular weight is 235 g/mol. The minimum atomic E-state index is 0.146. The topological polar surface area (TPSA) is 41.5 Å². The Balaban J connectivity index is 2.19. The first-order valence-corrected chi connectivity index (χ1v) is 6.28. The van der Waals surface area contributed by atoms with Gasteiger partial charge >= 0.3 is 0 Å². The molecule has 2 N–H and O–H groups in total. The summed E-state index contributed by atoms with van der Waals surface area (Å²) in [6, 6.07) is 6.81. The lowest BCUT2D eigenvalue weighted by atomic mass is 9.87. The Morgan fingerprint density at radius 1 is 1.53 bits per heavy atom. The molecule has 0 aliphatic heterocycles. The highest BCUT2D eigenvalue weighted by atomic mass is 16.5. The van der Waals surface area contributed by atoms with E-state index in [1.807, 2.05) is 13.0 Å². The van der Waals surface area contributed by atoms with E-state index in [9.17, 15) is 0 Å². The molecule has 0 saturated heterocycles. The fourth-order valence-corrected chi connectivity index (χ4v) is 2.49. The molecule has 94 valence electrons. The molecule has 17 heavy (non-hydrogen) atoms. The van der Waals surface area contributed by atoms with Crippen LogP contribution < -0.4 is 10.1 Å². The molecule has 0 aromatic heterocycles. The molecule has 0 fully saturated rings. The molecule has 0 spiro atoms. The summed E-state index contributed by atoms with van der Waals surface area (Å²) >= 11 is 0. The number of aryl methyl sites for hydroxylation is 1. The highest BCUT2D eigenvalue weighted by Gasteiger charge is 2.21. The van der Waals surface area contributed by atoms with Gasteiger partial charge in [0.2, 0.25) is 0 Å². The van der Waals surface area contributed by atoms with Gasteiger partial charge in [0.1, 0.15) is 5.75 Å². The van der Waals surface area contributed by atoms with Gasteiger partial charge in [-0.05, 0) is 49.4 Å². The number of aliphatic hydroxyl groups is 1. The lowest BCUT2D eigenvalue weighted by molar-refractivity contribution is 0.236. The van der Waals surface area contributed by atoms with Crippen LogP contribution in [0.5, 0.6) is 5.75 Å². The number of hydrogen-bond donors (Lipinski definition) is 2. The van der Waals surface area contributed by atoms with Crippen molar-refractivity contribution in [3.63, 3.8) is 0 Å². The molecule has 0 radical (unpaired) electrons. The summed E-state index contributed by atoms with van der Waals surface area (Å²) in [6.45, 7) is 2.19. The molecule has 1 aromatic rings. The molecule has 1 aliphatic rings. The summed E-state index contributed by atoms with van der Waals surface area (Å²) in [5.41, 5.74) is 2.73. The number of aliphatic hydroxyl groups excluding tert-OH is 1. The number of rotatable bonds is 4. The molecule has 1 aromatic carbocycles. The quantitative estimate of drug-likeness (QED) is 0.839. The van der Waals surface area contributed by atoms with Gasteiger partial charge in [0.05, 0.1) is 13.7 Å². The van der Waals surface area contributed by atoms with Crippen LogP contribution in [0.15, 0.2) is 18.2 Å². The number of hydrogen-bond acceptors (Lipinski definition) is 3. The molecule has 2 atom stereocenters. The van der Waals surface area contributed by atoms with Crippen LogP contribution in [0.3, 0.4) is 0 Å². The molecule has 2 rings (SSSR count). The predicted molar refractivity (Wildman–Crippen MR) is 68.4 cm³/mol. The van der Waals surface area contributed by atoms with Crippen molar-refractivity contribution in [3.8, 4) is 5.75 Å². The predicted octanol–water partition coefficient (Wildman–Crippen LogP) is 2.04. The summed E-state index contributed by atoms with van der Waals surface area (Å²) in [7, 11) is 1.70. The van der Waals surface area contributed by atoms with Crippen LogP contribution in [0, 0.1) is 0 Å². The Bertz CT molecular complexity index is 378. The van der Waals surface area contributed by atoms with Crippen molar-refractivity contribution in [1.82, 2.24) is 5.32 Å². The molecular weight excluding hydrogens is 214 g/mol. The van der Waals surface area contributed by atoms with Crippen molar-refractivity contribution in [2.45, 2.75) is 38.3 Å². The summed E-state index contributed by atoms with van der Waals surface area (Å²) < 4.78 is 5.26. The molecule has 0 saturated carbocycles. The van der Waals surface area contributed by atoms with Crippen LogP contribution in [-0.4, -0.2) is 24.9 Å². The Morgan fingerprint density at radius 3 is 3.06 bits per heavy atom. The second-order valence-electron chi connectivity index (χ2n) is 4.76. The third-order valence-corrected chi connectivity index (χ3v) is 3.42. The van der Waals surface area contributed by atoms with Crippen LogP contribution in [0.4, 0.5) is 0 Å². The maximum Gasteiger partial charge on any atom is 0.119 e. The zero-order valence-corrected chi connectivity index (χ0v) is 10.6. The van der Waals surface area contributed by atoms with Gasteiger partial charge < -0.3 is 15.2 Å². The first kappa shape index (κ1) is 12.4. The third-order valence-electron chi connectivity index (χ3n) is 3.42. The molecule has 0 heterocycles. The number of benzene rings is 1. The Labute approximate surface area is 103 Å². The van der Waals surface area contributed by atoms with Gasteiger partial charge in [-0.2, -0.15) is 0 Å². The van der Waals surface area contributed by atoms with Gasteiger partial charge in [-0.1, -0.05) is 6.07 Å². The lowest BCUT2D eigenvalue weighted by Gasteiger charge is -2.29. The normalized spacial score (nSPS) is 20.8. The van der Waals surface area contributed by atoms with Gasteiger partial charge in [0, 0.05) is 12.1 Å². The van der Waals surface area contributed by atoms with E-state index >= 15 is 0 Å². The summed E-state index contributed by atoms with van der Waals surface area (Å²) in [4.78, 5) is 0. The Morgan fingerprint density at radius 2 is 2.35 bits per heavy atom. The summed E-state index contributed by atoms with van der Waals surface area (Å²) in [5, 5.41) is 12.6. The number of nitrogens with one attached hydrogen (secondary N) is 1. The van der Waals surface area contributed by atoms with E-state index < -0.39 is 0 Å². The zero-order valence-electron chi connectivity index (χ0n) is 10.6. The highest BCUT2D eigenvalue weighted by molar-refractivity contribution is 5.39. The Kier molecular flexibility index (Phi) is 4.02. The Hall–Kier alpha value is -1.06. The standard InChI is InChI=1S/C14H21NO2/c1-10(9-16)15-14-5-3-4-11-8-12(17-2)6-7-13(11)14/h6-8,10,14-16H,3-5,9H2,1-2H3/t10-,14?/m1/s1. The van der Waals surface area contributed by atoms with E-state index in [1.54, 1.807) is 7.11 Å². The van der Waals surface area contributed by atoms with Crippen molar-refractivity contribution < 1.29 is 9.84 Å². The smallest absolute Gasteiger partial charge is 0.119 e. The van der Waals surface area contributed by atoms with E-state index in [0.29, 0.717) is 6.04 Å². The van der Waals surface area contributed by atoms with Crippen molar-refractivity contribution >= 4 is 0 Å². The molecule has 0 bridgehead atoms. The van der Waals surface area contributed by atoms with Crippen LogP contribution in [0.1, 0.15) is 36.9 Å². The number of methoxy groups -OCH3 is 1. The van der Waals surface area contributed by atoms with Gasteiger partial charge in [0.25, 0.3) is 0 Å². The summed E-state index contributed by atoms with van der Waals surface area (Å²) in [6.07, 6.45) is 3.46. The number of ether oxygens (including phenoxy) is 1. The van der Waals surface area contributed by atoms with E-state index in [2.05, 4.69) is 17.4 Å². The number of fused-ring (bicyclic) bond motifs is 1. The largest absolute Gasteiger partial charge is 0.497 e. The highest BCUT2D eigenvalue weighted by Crippen LogP contribution is 2.32. The molecule has 1 unspecified atom stereocenters. The fraction of sp³-hybridized carbons (Fsp3) is 0.571. The van der Waals surface area contributed by atoms with Crippen LogP contribution in [0.25, 0.3) is 0 Å². The van der Waals surface area contributed by atoms with Gasteiger partial charge in [-0.3, -0.25) is 0 Å². The minimum Gasteiger partial charge on any atom is -0.497 e. The molecule has 3 heteroatoms. The van der Waals surface area contributed by atoms with E-state index in [0.717, 1.165) is 18.6 Å². The molecule has 0 amide bonds. The van der Waals surface area contributed by atoms with Crippen molar-refractivity contribution in [3.05, 3.63) is 29.3 Å². The molecular formula is C14H21NO2. The zero-order chi connectivity index (χ0) is 12.3. The van der Waals surface area contributed by atoms with Gasteiger partial charge in [-0.15, -0.1) is 0 Å². The van der Waals surface area contributed by atoms with Gasteiger partial charge in [-0.25, -0.2) is 0 Å². The second kappa shape index (κ2) is 5.52. The lowest BCUT2D eigenvalue weighted by Crippen LogP contribution is -2.34. The molecule has 3 nitrogen and oxygen atoms in total. The van der Waals surface area contributed by atoms with Gasteiger partial charge in [0.15, 0.2) is 0 Å². The monoisotopic (exact) mass is 235 g/mol. The maximum atomic E-state index is 9.11. The molecule has 1 aliphatic carbocycles. The van der Waals surface area contributed by atoms with Crippen molar-refractivity contribution in [1.29, 1.82) is 0 Å². The first-order chi connectivity index (χ1) is 8.24. The maximum absolute atomic E-state index is 9.11. The van der Waals surface area contributed by atoms with E-state index in [1.165, 1.54) is 17.5 Å². The minimum absolute atomic E-state index is 0.146. The van der Waals surface area contributed by atoms with Crippen molar-refractivity contribution in [2.75, 3.05) is 13.7 Å². The fourth-order valence-electron chi connectivity index (χ4n) is 2.49. The second-order valence-corrected chi connectivity index (χ2v) is 4.76. The third kappa shape index (κ3) is 2.79. The van der Waals surface area contributed by atoms with Crippen LogP contribution >= 0.6 is 0 Å². The average Bonchev–Trinajstić information content (AvgIpc) is 2.38. The SMILES string of the molecule is COc1ccc2c(c1)CCCC2N[C@H](C)CO. The summed E-state index contributed by atoms with van der Waals surface area (Å²) in [5.74, 6) is 0.930. The van der Waals surface area contributed by atoms with E-state index in [-0.39, 0.29) is 12.6 Å².